The molecule has 0 spiro atoms. The SMILES string of the molecule is Nc1ccc(C(=O)Nc2ccc(F)cc2Br)cc1O. The van der Waals surface area contributed by atoms with Crippen LogP contribution in [0.3, 0.4) is 0 Å². The third-order valence-electron chi connectivity index (χ3n) is 2.47. The number of phenolic OH excluding ortho intramolecular Hbond substituents is 1. The summed E-state index contributed by atoms with van der Waals surface area (Å²) < 4.78 is 13.3. The maximum absolute atomic E-state index is 12.9. The predicted octanol–water partition coefficient (Wildman–Crippen LogP) is 3.13. The minimum atomic E-state index is -0.428. The molecule has 2 aromatic rings. The fourth-order valence-electron chi connectivity index (χ4n) is 1.47. The van der Waals surface area contributed by atoms with Gasteiger partial charge in [-0.2, -0.15) is 0 Å². The van der Waals surface area contributed by atoms with Crippen LogP contribution in [0.2, 0.25) is 0 Å². The van der Waals surface area contributed by atoms with Gasteiger partial charge >= 0.3 is 0 Å². The highest BCUT2D eigenvalue weighted by Crippen LogP contribution is 2.25. The summed E-state index contributed by atoms with van der Waals surface area (Å²) in [5, 5.41) is 12.0. The number of nitrogens with one attached hydrogen (secondary N) is 1. The molecule has 6 heteroatoms. The highest BCUT2D eigenvalue weighted by Gasteiger charge is 2.10. The lowest BCUT2D eigenvalue weighted by Crippen LogP contribution is -2.12. The first-order valence-corrected chi connectivity index (χ1v) is 6.11. The number of amides is 1. The summed E-state index contributed by atoms with van der Waals surface area (Å²) in [5.74, 6) is -0.997. The Kier molecular flexibility index (Phi) is 3.71. The van der Waals surface area contributed by atoms with E-state index in [0.29, 0.717) is 10.2 Å². The Labute approximate surface area is 117 Å². The highest BCUT2D eigenvalue weighted by molar-refractivity contribution is 9.10. The molecule has 2 rings (SSSR count). The van der Waals surface area contributed by atoms with Gasteiger partial charge in [0.15, 0.2) is 0 Å². The maximum atomic E-state index is 12.9. The molecule has 0 heterocycles. The second kappa shape index (κ2) is 5.27. The third-order valence-corrected chi connectivity index (χ3v) is 3.13. The molecule has 0 fully saturated rings. The first-order chi connectivity index (χ1) is 8.97. The summed E-state index contributed by atoms with van der Waals surface area (Å²) in [6.07, 6.45) is 0. The summed E-state index contributed by atoms with van der Waals surface area (Å²) in [5.41, 5.74) is 6.33. The van der Waals surface area contributed by atoms with Crippen molar-refractivity contribution in [1.29, 1.82) is 0 Å². The molecule has 19 heavy (non-hydrogen) atoms. The summed E-state index contributed by atoms with van der Waals surface area (Å²) in [6.45, 7) is 0. The monoisotopic (exact) mass is 324 g/mol. The van der Waals surface area contributed by atoms with E-state index in [-0.39, 0.29) is 17.0 Å². The Balaban J connectivity index is 2.23. The third kappa shape index (κ3) is 3.03. The smallest absolute Gasteiger partial charge is 0.255 e. The average Bonchev–Trinajstić information content (AvgIpc) is 2.36. The molecule has 98 valence electrons. The van der Waals surface area contributed by atoms with Crippen LogP contribution in [0, 0.1) is 5.82 Å². The predicted molar refractivity (Wildman–Crippen MR) is 74.6 cm³/mol. The van der Waals surface area contributed by atoms with Crippen LogP contribution in [0.1, 0.15) is 10.4 Å². The Morgan fingerprint density at radius 2 is 2.00 bits per heavy atom. The summed E-state index contributed by atoms with van der Waals surface area (Å²) >= 11 is 3.15. The number of rotatable bonds is 2. The molecule has 4 N–H and O–H groups in total. The maximum Gasteiger partial charge on any atom is 0.255 e. The Morgan fingerprint density at radius 3 is 2.63 bits per heavy atom. The lowest BCUT2D eigenvalue weighted by molar-refractivity contribution is 0.102. The van der Waals surface area contributed by atoms with Crippen LogP contribution in [0.25, 0.3) is 0 Å². The molecule has 0 saturated carbocycles. The van der Waals surface area contributed by atoms with Gasteiger partial charge in [-0.05, 0) is 52.3 Å². The van der Waals surface area contributed by atoms with Gasteiger partial charge in [0.25, 0.3) is 5.91 Å². The minimum Gasteiger partial charge on any atom is -0.506 e. The van der Waals surface area contributed by atoms with Gasteiger partial charge in [0.2, 0.25) is 0 Å². The zero-order chi connectivity index (χ0) is 14.0. The number of hydrogen-bond donors (Lipinski definition) is 3. The number of phenols is 1. The van der Waals surface area contributed by atoms with Crippen molar-refractivity contribution >= 4 is 33.2 Å². The standard InChI is InChI=1S/C13H10BrFN2O2/c14-9-6-8(15)2-4-11(9)17-13(19)7-1-3-10(16)12(18)5-7/h1-6,18H,16H2,(H,17,19). The van der Waals surface area contributed by atoms with Crippen LogP contribution in [-0.2, 0) is 0 Å². The van der Waals surface area contributed by atoms with Gasteiger partial charge in [0.05, 0.1) is 11.4 Å². The highest BCUT2D eigenvalue weighted by atomic mass is 79.9. The Morgan fingerprint density at radius 1 is 1.26 bits per heavy atom. The van der Waals surface area contributed by atoms with Crippen molar-refractivity contribution in [1.82, 2.24) is 0 Å². The molecule has 4 nitrogen and oxygen atoms in total. The van der Waals surface area contributed by atoms with E-state index in [9.17, 15) is 14.3 Å². The summed E-state index contributed by atoms with van der Waals surface area (Å²) in [7, 11) is 0. The van der Waals surface area contributed by atoms with E-state index in [2.05, 4.69) is 21.2 Å². The molecule has 0 radical (unpaired) electrons. The Bertz CT molecular complexity index is 647. The van der Waals surface area contributed by atoms with Gasteiger partial charge < -0.3 is 16.2 Å². The second-order valence-corrected chi connectivity index (χ2v) is 4.71. The molecule has 0 bridgehead atoms. The first-order valence-electron chi connectivity index (χ1n) is 5.32. The fourth-order valence-corrected chi connectivity index (χ4v) is 1.92. The van der Waals surface area contributed by atoms with Crippen molar-refractivity contribution in [2.45, 2.75) is 0 Å². The topological polar surface area (TPSA) is 75.4 Å². The van der Waals surface area contributed by atoms with E-state index in [1.807, 2.05) is 0 Å². The van der Waals surface area contributed by atoms with Crippen molar-refractivity contribution in [2.75, 3.05) is 11.1 Å². The number of anilines is 2. The van der Waals surface area contributed by atoms with E-state index >= 15 is 0 Å². The molecular formula is C13H10BrFN2O2. The molecule has 0 aliphatic rings. The minimum absolute atomic E-state index is 0.161. The normalized spacial score (nSPS) is 10.2. The average molecular weight is 325 g/mol. The number of benzene rings is 2. The van der Waals surface area contributed by atoms with Crippen LogP contribution in [-0.4, -0.2) is 11.0 Å². The molecule has 0 aromatic heterocycles. The van der Waals surface area contributed by atoms with Crippen molar-refractivity contribution < 1.29 is 14.3 Å². The number of aromatic hydroxyl groups is 1. The van der Waals surface area contributed by atoms with Gasteiger partial charge in [-0.1, -0.05) is 0 Å². The van der Waals surface area contributed by atoms with Gasteiger partial charge in [-0.15, -0.1) is 0 Å². The zero-order valence-electron chi connectivity index (χ0n) is 9.65. The van der Waals surface area contributed by atoms with Crippen molar-refractivity contribution in [2.24, 2.45) is 0 Å². The number of carbonyl (C=O) groups excluding carboxylic acids is 1. The lowest BCUT2D eigenvalue weighted by atomic mass is 10.1. The van der Waals surface area contributed by atoms with Crippen molar-refractivity contribution in [3.63, 3.8) is 0 Å². The van der Waals surface area contributed by atoms with Gasteiger partial charge in [0, 0.05) is 10.0 Å². The molecule has 0 unspecified atom stereocenters. The molecule has 0 saturated heterocycles. The van der Waals surface area contributed by atoms with Crippen LogP contribution in [0.4, 0.5) is 15.8 Å². The molecule has 0 aliphatic heterocycles. The van der Waals surface area contributed by atoms with Gasteiger partial charge in [0.1, 0.15) is 11.6 Å². The van der Waals surface area contributed by atoms with E-state index in [0.717, 1.165) is 0 Å². The van der Waals surface area contributed by atoms with Crippen molar-refractivity contribution in [3.8, 4) is 5.75 Å². The second-order valence-electron chi connectivity index (χ2n) is 3.85. The molecule has 2 aromatic carbocycles. The van der Waals surface area contributed by atoms with Gasteiger partial charge in [-0.3, -0.25) is 4.79 Å². The van der Waals surface area contributed by atoms with E-state index in [1.54, 1.807) is 0 Å². The quantitative estimate of drug-likeness (QED) is 0.586. The number of halogens is 2. The molecule has 0 aliphatic carbocycles. The molecule has 0 atom stereocenters. The summed E-state index contributed by atoms with van der Waals surface area (Å²) in [4.78, 5) is 11.9. The lowest BCUT2D eigenvalue weighted by Gasteiger charge is -2.08. The molecular weight excluding hydrogens is 315 g/mol. The van der Waals surface area contributed by atoms with Crippen LogP contribution in [0.5, 0.6) is 5.75 Å². The number of nitrogen functional groups attached to an aromatic ring is 1. The largest absolute Gasteiger partial charge is 0.506 e. The molecule has 1 amide bonds. The van der Waals surface area contributed by atoms with Crippen LogP contribution >= 0.6 is 15.9 Å². The zero-order valence-corrected chi connectivity index (χ0v) is 11.2. The first kappa shape index (κ1) is 13.4. The Hall–Kier alpha value is -2.08. The fraction of sp³-hybridized carbons (Fsp3) is 0. The van der Waals surface area contributed by atoms with Crippen molar-refractivity contribution in [3.05, 3.63) is 52.3 Å². The summed E-state index contributed by atoms with van der Waals surface area (Å²) in [6, 6.07) is 8.11. The number of hydrogen-bond acceptors (Lipinski definition) is 3. The van der Waals surface area contributed by atoms with E-state index in [4.69, 9.17) is 5.73 Å². The van der Waals surface area contributed by atoms with E-state index in [1.165, 1.54) is 36.4 Å². The van der Waals surface area contributed by atoms with Crippen LogP contribution in [0.15, 0.2) is 40.9 Å². The number of nitrogens with two attached hydrogens (primary N) is 1. The number of carbonyl (C=O) groups is 1. The van der Waals surface area contributed by atoms with E-state index < -0.39 is 11.7 Å². The van der Waals surface area contributed by atoms with Gasteiger partial charge in [-0.25, -0.2) is 4.39 Å². The van der Waals surface area contributed by atoms with Crippen LogP contribution < -0.4 is 11.1 Å².